The number of nitrogens with zero attached hydrogens (tertiary/aromatic N) is 1. The van der Waals surface area contributed by atoms with Crippen LogP contribution in [0.1, 0.15) is 31.1 Å². The van der Waals surface area contributed by atoms with Crippen molar-refractivity contribution in [2.45, 2.75) is 38.7 Å². The molecule has 2 atom stereocenters. The molecule has 0 aliphatic carbocycles. The van der Waals surface area contributed by atoms with Gasteiger partial charge in [-0.3, -0.25) is 4.99 Å². The fraction of sp³-hybridized carbons (Fsp3) is 0.722. The van der Waals surface area contributed by atoms with Crippen LogP contribution in [0.2, 0.25) is 0 Å². The molecule has 0 bridgehead atoms. The monoisotopic (exact) mass is 416 g/mol. The first kappa shape index (κ1) is 22.1. The van der Waals surface area contributed by atoms with E-state index in [0.717, 1.165) is 38.8 Å². The molecule has 9 heteroatoms. The van der Waals surface area contributed by atoms with Crippen LogP contribution in [0.25, 0.3) is 0 Å². The van der Waals surface area contributed by atoms with Gasteiger partial charge in [-0.1, -0.05) is 13.0 Å². The van der Waals surface area contributed by atoms with E-state index in [-0.39, 0.29) is 11.9 Å². The van der Waals surface area contributed by atoms with Crippen molar-refractivity contribution in [3.8, 4) is 0 Å². The van der Waals surface area contributed by atoms with E-state index in [1.807, 2.05) is 0 Å². The Labute approximate surface area is 167 Å². The quantitative estimate of drug-likeness (QED) is 0.398. The summed E-state index contributed by atoms with van der Waals surface area (Å²) < 4.78 is 32.4. The summed E-state index contributed by atoms with van der Waals surface area (Å²) in [4.78, 5) is 5.52. The lowest BCUT2D eigenvalue weighted by Crippen LogP contribution is -2.43. The predicted octanol–water partition coefficient (Wildman–Crippen LogP) is 1.58. The average Bonchev–Trinajstić information content (AvgIpc) is 3.16. The first-order valence-electron chi connectivity index (χ1n) is 9.54. The van der Waals surface area contributed by atoms with Crippen molar-refractivity contribution in [3.63, 3.8) is 0 Å². The minimum absolute atomic E-state index is 0.000694. The van der Waals surface area contributed by atoms with E-state index in [2.05, 4.69) is 44.8 Å². The third-order valence-corrected chi connectivity index (χ3v) is 6.69. The first-order valence-corrected chi connectivity index (χ1v) is 12.1. The maximum absolute atomic E-state index is 12.1. The SMILES string of the molecule is CN=C(NCCS(=O)(=O)NCC1CCCCO1)NCC(C)Cc1cccs1. The summed E-state index contributed by atoms with van der Waals surface area (Å²) in [6.45, 7) is 4.35. The number of ether oxygens (including phenoxy) is 1. The van der Waals surface area contributed by atoms with Crippen LogP contribution < -0.4 is 15.4 Å². The molecule has 0 aromatic carbocycles. The highest BCUT2D eigenvalue weighted by molar-refractivity contribution is 7.89. The smallest absolute Gasteiger partial charge is 0.213 e. The molecule has 1 aliphatic heterocycles. The number of thiophene rings is 1. The molecule has 1 saturated heterocycles. The Morgan fingerprint density at radius 1 is 1.41 bits per heavy atom. The molecule has 0 spiro atoms. The van der Waals surface area contributed by atoms with E-state index >= 15 is 0 Å². The van der Waals surface area contributed by atoms with Gasteiger partial charge in [0.2, 0.25) is 10.0 Å². The molecule has 1 fully saturated rings. The summed E-state index contributed by atoms with van der Waals surface area (Å²) in [5.74, 6) is 1.09. The van der Waals surface area contributed by atoms with E-state index in [0.29, 0.717) is 25.0 Å². The van der Waals surface area contributed by atoms with Gasteiger partial charge in [0.25, 0.3) is 0 Å². The molecule has 0 saturated carbocycles. The maximum atomic E-state index is 12.1. The molecular weight excluding hydrogens is 384 g/mol. The summed E-state index contributed by atoms with van der Waals surface area (Å²) >= 11 is 1.77. The number of hydrogen-bond donors (Lipinski definition) is 3. The number of aliphatic imine (C=N–C) groups is 1. The van der Waals surface area contributed by atoms with Crippen LogP contribution in [0.3, 0.4) is 0 Å². The number of guanidine groups is 1. The van der Waals surface area contributed by atoms with E-state index in [9.17, 15) is 8.42 Å². The zero-order valence-electron chi connectivity index (χ0n) is 16.2. The maximum Gasteiger partial charge on any atom is 0.213 e. The zero-order chi connectivity index (χ0) is 19.5. The second-order valence-corrected chi connectivity index (χ2v) is 9.88. The molecule has 1 aromatic rings. The van der Waals surface area contributed by atoms with Crippen molar-refractivity contribution in [1.29, 1.82) is 0 Å². The van der Waals surface area contributed by atoms with Crippen molar-refractivity contribution in [2.24, 2.45) is 10.9 Å². The zero-order valence-corrected chi connectivity index (χ0v) is 17.9. The minimum atomic E-state index is -3.32. The number of sulfonamides is 1. The summed E-state index contributed by atoms with van der Waals surface area (Å²) in [5.41, 5.74) is 0. The summed E-state index contributed by atoms with van der Waals surface area (Å²) in [7, 11) is -1.64. The van der Waals surface area contributed by atoms with Crippen molar-refractivity contribution in [1.82, 2.24) is 15.4 Å². The molecule has 2 rings (SSSR count). The Hall–Kier alpha value is -1.16. The van der Waals surface area contributed by atoms with Gasteiger partial charge in [0.05, 0.1) is 11.9 Å². The molecule has 3 N–H and O–H groups in total. The van der Waals surface area contributed by atoms with Crippen LogP contribution in [-0.2, 0) is 21.2 Å². The number of hydrogen-bond acceptors (Lipinski definition) is 5. The van der Waals surface area contributed by atoms with Gasteiger partial charge < -0.3 is 15.4 Å². The average molecular weight is 417 g/mol. The van der Waals surface area contributed by atoms with Crippen LogP contribution in [0.15, 0.2) is 22.5 Å². The van der Waals surface area contributed by atoms with Crippen molar-refractivity contribution in [3.05, 3.63) is 22.4 Å². The van der Waals surface area contributed by atoms with Gasteiger partial charge in [-0.2, -0.15) is 0 Å². The van der Waals surface area contributed by atoms with Crippen LogP contribution in [0, 0.1) is 5.92 Å². The van der Waals surface area contributed by atoms with Gasteiger partial charge in [0, 0.05) is 38.2 Å². The Morgan fingerprint density at radius 3 is 2.93 bits per heavy atom. The lowest BCUT2D eigenvalue weighted by atomic mass is 10.1. The standard InChI is InChI=1S/C18H32N4O3S2/c1-15(12-17-7-5-10-26-17)13-21-18(19-2)20-8-11-27(23,24)22-14-16-6-3-4-9-25-16/h5,7,10,15-16,22H,3-4,6,8-9,11-14H2,1-2H3,(H2,19,20,21). The fourth-order valence-electron chi connectivity index (χ4n) is 2.90. The highest BCUT2D eigenvalue weighted by Gasteiger charge is 2.17. The highest BCUT2D eigenvalue weighted by atomic mass is 32.2. The van der Waals surface area contributed by atoms with Crippen molar-refractivity contribution in [2.75, 3.05) is 39.0 Å². The fourth-order valence-corrected chi connectivity index (χ4v) is 4.72. The van der Waals surface area contributed by atoms with Gasteiger partial charge in [-0.25, -0.2) is 13.1 Å². The van der Waals surface area contributed by atoms with Crippen LogP contribution >= 0.6 is 11.3 Å². The predicted molar refractivity (Wildman–Crippen MR) is 112 cm³/mol. The van der Waals surface area contributed by atoms with Gasteiger partial charge in [-0.15, -0.1) is 11.3 Å². The normalized spacial score (nSPS) is 19.6. The molecule has 7 nitrogen and oxygen atoms in total. The molecule has 0 radical (unpaired) electrons. The first-order chi connectivity index (χ1) is 13.0. The Morgan fingerprint density at radius 2 is 2.26 bits per heavy atom. The van der Waals surface area contributed by atoms with Crippen LogP contribution in [-0.4, -0.2) is 59.5 Å². The lowest BCUT2D eigenvalue weighted by Gasteiger charge is -2.22. The second-order valence-electron chi connectivity index (χ2n) is 6.92. The molecule has 0 amide bonds. The Kier molecular flexibility index (Phi) is 9.53. The van der Waals surface area contributed by atoms with Crippen molar-refractivity contribution < 1.29 is 13.2 Å². The Bertz CT molecular complexity index is 656. The molecule has 2 heterocycles. The third kappa shape index (κ3) is 9.05. The third-order valence-electron chi connectivity index (χ3n) is 4.44. The molecule has 27 heavy (non-hydrogen) atoms. The summed E-state index contributed by atoms with van der Waals surface area (Å²) in [6, 6.07) is 4.21. The molecular formula is C18H32N4O3S2. The van der Waals surface area contributed by atoms with Crippen molar-refractivity contribution >= 4 is 27.3 Å². The number of nitrogens with one attached hydrogen (secondary N) is 3. The van der Waals surface area contributed by atoms with E-state index < -0.39 is 10.0 Å². The molecule has 2 unspecified atom stereocenters. The molecule has 1 aliphatic rings. The largest absolute Gasteiger partial charge is 0.377 e. The summed E-state index contributed by atoms with van der Waals surface area (Å²) in [6.07, 6.45) is 4.09. The summed E-state index contributed by atoms with van der Waals surface area (Å²) in [5, 5.41) is 8.42. The minimum Gasteiger partial charge on any atom is -0.377 e. The molecule has 1 aromatic heterocycles. The topological polar surface area (TPSA) is 91.8 Å². The van der Waals surface area contributed by atoms with Gasteiger partial charge in [0.1, 0.15) is 0 Å². The van der Waals surface area contributed by atoms with Crippen LogP contribution in [0.4, 0.5) is 0 Å². The van der Waals surface area contributed by atoms with Crippen LogP contribution in [0.5, 0.6) is 0 Å². The highest BCUT2D eigenvalue weighted by Crippen LogP contribution is 2.14. The number of rotatable bonds is 10. The second kappa shape index (κ2) is 11.6. The van der Waals surface area contributed by atoms with Gasteiger partial charge in [-0.05, 0) is 43.0 Å². The van der Waals surface area contributed by atoms with Gasteiger partial charge in [0.15, 0.2) is 5.96 Å². The lowest BCUT2D eigenvalue weighted by molar-refractivity contribution is 0.0200. The molecule has 154 valence electrons. The van der Waals surface area contributed by atoms with Gasteiger partial charge >= 0.3 is 0 Å². The Balaban J connectivity index is 1.62. The van der Waals surface area contributed by atoms with E-state index in [1.165, 1.54) is 4.88 Å². The van der Waals surface area contributed by atoms with E-state index in [1.54, 1.807) is 18.4 Å². The van der Waals surface area contributed by atoms with E-state index in [4.69, 9.17) is 4.74 Å².